The Morgan fingerprint density at radius 2 is 1.58 bits per heavy atom. The summed E-state index contributed by atoms with van der Waals surface area (Å²) in [5.74, 6) is -0.535. The Labute approximate surface area is 193 Å². The maximum atomic E-state index is 13.5. The summed E-state index contributed by atoms with van der Waals surface area (Å²) in [5.41, 5.74) is 1.50. The topological polar surface area (TPSA) is 75.7 Å². The van der Waals surface area contributed by atoms with E-state index in [1.807, 2.05) is 37.3 Å². The summed E-state index contributed by atoms with van der Waals surface area (Å²) in [6.07, 6.45) is 6.32. The molecule has 0 radical (unpaired) electrons. The first kappa shape index (κ1) is 21.4. The molecular formula is C27H28N2O4. The standard InChI is InChI=1S/C27H28N2O4/c1-2-33-21-14-12-20(13-15-21)28-25(30)22(16-17-6-4-3-5-7-17)29-26(31)23-18-8-9-19(11-10-18)24(23)27(29)32/h3-9,12-15,18-19,22-24H,2,10-11,16H2,1H3,(H,28,30)/t18-,19-,22-,23-,24+/m0/s1. The van der Waals surface area contributed by atoms with Gasteiger partial charge in [0.2, 0.25) is 17.7 Å². The molecule has 1 saturated heterocycles. The van der Waals surface area contributed by atoms with Gasteiger partial charge in [0.1, 0.15) is 11.8 Å². The van der Waals surface area contributed by atoms with E-state index in [0.29, 0.717) is 18.0 Å². The monoisotopic (exact) mass is 444 g/mol. The van der Waals surface area contributed by atoms with E-state index in [1.165, 1.54) is 4.90 Å². The first-order valence-corrected chi connectivity index (χ1v) is 11.7. The molecule has 6 nitrogen and oxygen atoms in total. The van der Waals surface area contributed by atoms with Gasteiger partial charge >= 0.3 is 0 Å². The lowest BCUT2D eigenvalue weighted by molar-refractivity contribution is -0.146. The number of hydrogen-bond donors (Lipinski definition) is 1. The summed E-state index contributed by atoms with van der Waals surface area (Å²) in [5, 5.41) is 2.91. The maximum absolute atomic E-state index is 13.5. The molecular weight excluding hydrogens is 416 g/mol. The van der Waals surface area contributed by atoms with Crippen molar-refractivity contribution in [2.45, 2.75) is 32.2 Å². The van der Waals surface area contributed by atoms with Crippen LogP contribution >= 0.6 is 0 Å². The third-order valence-corrected chi connectivity index (χ3v) is 7.11. The van der Waals surface area contributed by atoms with Crippen LogP contribution in [0.25, 0.3) is 0 Å². The lowest BCUT2D eigenvalue weighted by Gasteiger charge is -2.38. The summed E-state index contributed by atoms with van der Waals surface area (Å²) in [6.45, 7) is 2.47. The summed E-state index contributed by atoms with van der Waals surface area (Å²) in [4.78, 5) is 41.8. The number of anilines is 1. The third kappa shape index (κ3) is 3.94. The van der Waals surface area contributed by atoms with Gasteiger partial charge in [-0.2, -0.15) is 0 Å². The van der Waals surface area contributed by atoms with E-state index < -0.39 is 6.04 Å². The molecule has 4 aliphatic rings. The Kier molecular flexibility index (Phi) is 5.75. The van der Waals surface area contributed by atoms with Crippen molar-refractivity contribution < 1.29 is 19.1 Å². The SMILES string of the molecule is CCOc1ccc(NC(=O)[C@H](Cc2ccccc2)N2C(=O)[C@@H]3[C@H](C2=O)[C@H]2C=C[C@H]3CC2)cc1. The van der Waals surface area contributed by atoms with Crippen molar-refractivity contribution in [2.24, 2.45) is 23.7 Å². The molecule has 1 N–H and O–H groups in total. The molecule has 2 aromatic carbocycles. The second-order valence-electron chi connectivity index (χ2n) is 9.04. The molecule has 0 unspecified atom stereocenters. The highest BCUT2D eigenvalue weighted by Gasteiger charge is 2.58. The summed E-state index contributed by atoms with van der Waals surface area (Å²) >= 11 is 0. The summed E-state index contributed by atoms with van der Waals surface area (Å²) in [6, 6.07) is 15.7. The zero-order valence-corrected chi connectivity index (χ0v) is 18.6. The zero-order chi connectivity index (χ0) is 22.9. The van der Waals surface area contributed by atoms with E-state index in [9.17, 15) is 14.4 Å². The Morgan fingerprint density at radius 3 is 2.12 bits per heavy atom. The predicted molar refractivity (Wildman–Crippen MR) is 124 cm³/mol. The van der Waals surface area contributed by atoms with E-state index >= 15 is 0 Å². The van der Waals surface area contributed by atoms with Crippen molar-refractivity contribution >= 4 is 23.4 Å². The molecule has 6 rings (SSSR count). The first-order valence-electron chi connectivity index (χ1n) is 11.7. The van der Waals surface area contributed by atoms with Crippen molar-refractivity contribution in [1.82, 2.24) is 4.90 Å². The number of nitrogens with one attached hydrogen (secondary N) is 1. The van der Waals surface area contributed by atoms with E-state index in [-0.39, 0.29) is 47.8 Å². The molecule has 2 fully saturated rings. The normalized spacial score (nSPS) is 26.3. The number of rotatable bonds is 7. The highest BCUT2D eigenvalue weighted by molar-refractivity contribution is 6.10. The number of amides is 3. The number of likely N-dealkylation sites (tertiary alicyclic amines) is 1. The van der Waals surface area contributed by atoms with Gasteiger partial charge in [-0.15, -0.1) is 0 Å². The van der Waals surface area contributed by atoms with E-state index in [2.05, 4.69) is 17.5 Å². The lowest BCUT2D eigenvalue weighted by Crippen LogP contribution is -2.49. The van der Waals surface area contributed by atoms with Gasteiger partial charge in [0.15, 0.2) is 0 Å². The molecule has 33 heavy (non-hydrogen) atoms. The number of imide groups is 1. The molecule has 2 bridgehead atoms. The Balaban J connectivity index is 1.43. The number of fused-ring (bicyclic) bond motifs is 1. The van der Waals surface area contributed by atoms with Crippen LogP contribution in [0.2, 0.25) is 0 Å². The van der Waals surface area contributed by atoms with Gasteiger partial charge in [0.25, 0.3) is 0 Å². The van der Waals surface area contributed by atoms with Crippen LogP contribution in [0, 0.1) is 23.7 Å². The van der Waals surface area contributed by atoms with Crippen LogP contribution in [0.4, 0.5) is 5.69 Å². The quantitative estimate of drug-likeness (QED) is 0.520. The van der Waals surface area contributed by atoms with Gasteiger partial charge in [0.05, 0.1) is 18.4 Å². The highest BCUT2D eigenvalue weighted by Crippen LogP contribution is 2.50. The molecule has 0 spiro atoms. The summed E-state index contributed by atoms with van der Waals surface area (Å²) < 4.78 is 5.47. The second kappa shape index (κ2) is 8.85. The number of carbonyl (C=O) groups excluding carboxylic acids is 3. The largest absolute Gasteiger partial charge is 0.494 e. The van der Waals surface area contributed by atoms with Crippen molar-refractivity contribution in [2.75, 3.05) is 11.9 Å². The lowest BCUT2D eigenvalue weighted by atomic mass is 9.63. The Morgan fingerprint density at radius 1 is 0.970 bits per heavy atom. The average Bonchev–Trinajstić information content (AvgIpc) is 3.12. The molecule has 3 aliphatic carbocycles. The van der Waals surface area contributed by atoms with Crippen LogP contribution in [-0.4, -0.2) is 35.3 Å². The average molecular weight is 445 g/mol. The number of benzene rings is 2. The van der Waals surface area contributed by atoms with Gasteiger partial charge in [-0.1, -0.05) is 42.5 Å². The minimum absolute atomic E-state index is 0.0907. The molecule has 2 aromatic rings. The molecule has 6 heteroatoms. The van der Waals surface area contributed by atoms with E-state index in [4.69, 9.17) is 4.74 Å². The van der Waals surface area contributed by atoms with Crippen LogP contribution in [0.15, 0.2) is 66.7 Å². The van der Waals surface area contributed by atoms with Crippen LogP contribution in [0.3, 0.4) is 0 Å². The second-order valence-corrected chi connectivity index (χ2v) is 9.04. The minimum Gasteiger partial charge on any atom is -0.494 e. The molecule has 3 amide bonds. The fourth-order valence-corrected chi connectivity index (χ4v) is 5.57. The van der Waals surface area contributed by atoms with E-state index in [0.717, 1.165) is 18.4 Å². The number of ether oxygens (including phenoxy) is 1. The summed E-state index contributed by atoms with van der Waals surface area (Å²) in [7, 11) is 0. The fourth-order valence-electron chi connectivity index (χ4n) is 5.57. The molecule has 0 aromatic heterocycles. The van der Waals surface area contributed by atoms with Crippen molar-refractivity contribution in [3.8, 4) is 5.75 Å². The third-order valence-electron chi connectivity index (χ3n) is 7.11. The first-order chi connectivity index (χ1) is 16.1. The Bertz CT molecular complexity index is 1050. The number of allylic oxidation sites excluding steroid dienone is 2. The van der Waals surface area contributed by atoms with Crippen LogP contribution in [0.5, 0.6) is 5.75 Å². The van der Waals surface area contributed by atoms with Crippen LogP contribution < -0.4 is 10.1 Å². The van der Waals surface area contributed by atoms with Crippen molar-refractivity contribution in [1.29, 1.82) is 0 Å². The minimum atomic E-state index is -0.899. The predicted octanol–water partition coefficient (Wildman–Crippen LogP) is 3.83. The molecule has 1 heterocycles. The van der Waals surface area contributed by atoms with E-state index in [1.54, 1.807) is 24.3 Å². The Hall–Kier alpha value is -3.41. The highest BCUT2D eigenvalue weighted by atomic mass is 16.5. The molecule has 1 aliphatic heterocycles. The molecule has 1 saturated carbocycles. The van der Waals surface area contributed by atoms with Gasteiger partial charge in [0, 0.05) is 12.1 Å². The van der Waals surface area contributed by atoms with Crippen LogP contribution in [-0.2, 0) is 20.8 Å². The van der Waals surface area contributed by atoms with Crippen LogP contribution in [0.1, 0.15) is 25.3 Å². The van der Waals surface area contributed by atoms with Crippen molar-refractivity contribution in [3.63, 3.8) is 0 Å². The molecule has 5 atom stereocenters. The zero-order valence-electron chi connectivity index (χ0n) is 18.6. The smallest absolute Gasteiger partial charge is 0.248 e. The van der Waals surface area contributed by atoms with Crippen molar-refractivity contribution in [3.05, 3.63) is 72.3 Å². The van der Waals surface area contributed by atoms with Gasteiger partial charge in [-0.25, -0.2) is 0 Å². The van der Waals surface area contributed by atoms with Gasteiger partial charge in [-0.05, 0) is 61.4 Å². The molecule has 170 valence electrons. The number of hydrogen-bond acceptors (Lipinski definition) is 4. The fraction of sp³-hybridized carbons (Fsp3) is 0.370. The number of nitrogens with zero attached hydrogens (tertiary/aromatic N) is 1. The van der Waals surface area contributed by atoms with Gasteiger partial charge < -0.3 is 10.1 Å². The maximum Gasteiger partial charge on any atom is 0.248 e. The number of carbonyl (C=O) groups is 3. The van der Waals surface area contributed by atoms with Gasteiger partial charge in [-0.3, -0.25) is 19.3 Å².